The molecule has 0 radical (unpaired) electrons. The van der Waals surface area contributed by atoms with E-state index in [-0.39, 0.29) is 17.7 Å². The van der Waals surface area contributed by atoms with Crippen molar-refractivity contribution in [3.05, 3.63) is 50.1 Å². The molecule has 106 valence electrons. The first-order valence-corrected chi connectivity index (χ1v) is 6.87. The van der Waals surface area contributed by atoms with Crippen molar-refractivity contribution < 1.29 is 9.90 Å². The number of hydrogen-bond donors (Lipinski definition) is 1. The second-order valence-electron chi connectivity index (χ2n) is 4.37. The Labute approximate surface area is 123 Å². The normalized spacial score (nSPS) is 10.8. The van der Waals surface area contributed by atoms with Gasteiger partial charge in [0.15, 0.2) is 0 Å². The van der Waals surface area contributed by atoms with Crippen LogP contribution in [-0.2, 0) is 20.0 Å². The van der Waals surface area contributed by atoms with E-state index in [1.54, 1.807) is 11.7 Å². The summed E-state index contributed by atoms with van der Waals surface area (Å²) in [4.78, 5) is 22.8. The van der Waals surface area contributed by atoms with Crippen LogP contribution >= 0.6 is 15.9 Å². The third-order valence-corrected chi connectivity index (χ3v) is 3.97. The number of rotatable bonds is 4. The highest BCUT2D eigenvalue weighted by molar-refractivity contribution is 9.10. The smallest absolute Gasteiger partial charge is 0.337 e. The van der Waals surface area contributed by atoms with Crippen LogP contribution < -0.4 is 5.56 Å². The SMILES string of the molecule is CCc1nn(C)c(Cn2cc(C(=O)O)ccc2=O)c1Br. The summed E-state index contributed by atoms with van der Waals surface area (Å²) in [6, 6.07) is 2.56. The number of carboxylic acid groups (broad SMARTS) is 1. The van der Waals surface area contributed by atoms with Crippen molar-refractivity contribution in [3.8, 4) is 0 Å². The lowest BCUT2D eigenvalue weighted by molar-refractivity contribution is 0.0696. The molecule has 0 atom stereocenters. The summed E-state index contributed by atoms with van der Waals surface area (Å²) in [5.41, 5.74) is 1.57. The maximum atomic E-state index is 11.8. The molecule has 0 saturated carbocycles. The largest absolute Gasteiger partial charge is 0.478 e. The third kappa shape index (κ3) is 2.67. The average Bonchev–Trinajstić information content (AvgIpc) is 2.68. The van der Waals surface area contributed by atoms with Gasteiger partial charge < -0.3 is 9.67 Å². The van der Waals surface area contributed by atoms with Gasteiger partial charge in [-0.2, -0.15) is 5.10 Å². The Morgan fingerprint density at radius 3 is 2.70 bits per heavy atom. The van der Waals surface area contributed by atoms with Crippen LogP contribution in [0.2, 0.25) is 0 Å². The van der Waals surface area contributed by atoms with Gasteiger partial charge in [0.1, 0.15) is 0 Å². The van der Waals surface area contributed by atoms with Gasteiger partial charge in [-0.05, 0) is 28.4 Å². The third-order valence-electron chi connectivity index (χ3n) is 3.05. The zero-order valence-corrected chi connectivity index (χ0v) is 12.7. The molecule has 1 N–H and O–H groups in total. The fourth-order valence-corrected chi connectivity index (χ4v) is 2.68. The molecule has 0 unspecified atom stereocenters. The number of hydrogen-bond acceptors (Lipinski definition) is 3. The van der Waals surface area contributed by atoms with Crippen LogP contribution in [0.3, 0.4) is 0 Å². The predicted molar refractivity (Wildman–Crippen MR) is 77.0 cm³/mol. The fourth-order valence-electron chi connectivity index (χ4n) is 1.93. The van der Waals surface area contributed by atoms with Crippen molar-refractivity contribution in [3.63, 3.8) is 0 Å². The minimum atomic E-state index is -1.06. The lowest BCUT2D eigenvalue weighted by atomic mass is 10.2. The first-order chi connectivity index (χ1) is 9.43. The first kappa shape index (κ1) is 14.5. The van der Waals surface area contributed by atoms with E-state index in [9.17, 15) is 9.59 Å². The molecular formula is C13H14BrN3O3. The molecule has 0 bridgehead atoms. The molecule has 2 aromatic rings. The summed E-state index contributed by atoms with van der Waals surface area (Å²) in [6.45, 7) is 2.26. The summed E-state index contributed by atoms with van der Waals surface area (Å²) >= 11 is 3.48. The summed E-state index contributed by atoms with van der Waals surface area (Å²) in [7, 11) is 1.80. The Kier molecular flexibility index (Phi) is 4.08. The molecule has 0 saturated heterocycles. The molecular weight excluding hydrogens is 326 g/mol. The van der Waals surface area contributed by atoms with E-state index in [4.69, 9.17) is 5.11 Å². The number of aromatic nitrogens is 3. The molecule has 0 fully saturated rings. The van der Waals surface area contributed by atoms with Gasteiger partial charge in [0.25, 0.3) is 5.56 Å². The molecule has 0 aromatic carbocycles. The molecule has 6 nitrogen and oxygen atoms in total. The number of aromatic carboxylic acids is 1. The second kappa shape index (κ2) is 5.62. The topological polar surface area (TPSA) is 77.1 Å². The average molecular weight is 340 g/mol. The predicted octanol–water partition coefficient (Wildman–Crippen LogP) is 1.65. The molecule has 0 amide bonds. The number of halogens is 1. The summed E-state index contributed by atoms with van der Waals surface area (Å²) in [5.74, 6) is -1.06. The Morgan fingerprint density at radius 2 is 2.15 bits per heavy atom. The lowest BCUT2D eigenvalue weighted by Gasteiger charge is -2.07. The maximum Gasteiger partial charge on any atom is 0.337 e. The van der Waals surface area contributed by atoms with Crippen LogP contribution in [-0.4, -0.2) is 25.4 Å². The molecule has 2 heterocycles. The van der Waals surface area contributed by atoms with Crippen LogP contribution in [0, 0.1) is 0 Å². The molecule has 0 spiro atoms. The minimum absolute atomic E-state index is 0.0820. The van der Waals surface area contributed by atoms with Gasteiger partial charge in [0, 0.05) is 19.3 Å². The van der Waals surface area contributed by atoms with Gasteiger partial charge >= 0.3 is 5.97 Å². The number of aryl methyl sites for hydroxylation is 2. The zero-order valence-electron chi connectivity index (χ0n) is 11.1. The Bertz CT molecular complexity index is 718. The molecule has 7 heteroatoms. The van der Waals surface area contributed by atoms with Crippen molar-refractivity contribution >= 4 is 21.9 Å². The van der Waals surface area contributed by atoms with Crippen molar-refractivity contribution in [1.29, 1.82) is 0 Å². The van der Waals surface area contributed by atoms with Crippen LogP contribution in [0.4, 0.5) is 0 Å². The highest BCUT2D eigenvalue weighted by Crippen LogP contribution is 2.22. The number of pyridine rings is 1. The first-order valence-electron chi connectivity index (χ1n) is 6.08. The Morgan fingerprint density at radius 1 is 1.45 bits per heavy atom. The van der Waals surface area contributed by atoms with Crippen LogP contribution in [0.25, 0.3) is 0 Å². The zero-order chi connectivity index (χ0) is 14.9. The van der Waals surface area contributed by atoms with E-state index < -0.39 is 5.97 Å². The van der Waals surface area contributed by atoms with E-state index in [1.165, 1.54) is 22.9 Å². The van der Waals surface area contributed by atoms with E-state index in [0.29, 0.717) is 0 Å². The quantitative estimate of drug-likeness (QED) is 0.918. The van der Waals surface area contributed by atoms with E-state index in [2.05, 4.69) is 21.0 Å². The number of carbonyl (C=O) groups is 1. The monoisotopic (exact) mass is 339 g/mol. The fraction of sp³-hybridized carbons (Fsp3) is 0.308. The second-order valence-corrected chi connectivity index (χ2v) is 5.17. The van der Waals surface area contributed by atoms with Gasteiger partial charge in [-0.1, -0.05) is 6.92 Å². The van der Waals surface area contributed by atoms with Gasteiger partial charge in [-0.25, -0.2) is 4.79 Å². The van der Waals surface area contributed by atoms with Crippen molar-refractivity contribution in [2.75, 3.05) is 0 Å². The molecule has 20 heavy (non-hydrogen) atoms. The van der Waals surface area contributed by atoms with Crippen LogP contribution in [0.1, 0.15) is 28.7 Å². The lowest BCUT2D eigenvalue weighted by Crippen LogP contribution is -2.22. The Balaban J connectivity index is 2.44. The number of nitrogens with zero attached hydrogens (tertiary/aromatic N) is 3. The molecule has 0 aliphatic heterocycles. The van der Waals surface area contributed by atoms with Gasteiger partial charge in [0.05, 0.1) is 28.0 Å². The molecule has 2 rings (SSSR count). The summed E-state index contributed by atoms with van der Waals surface area (Å²) < 4.78 is 3.92. The molecule has 2 aromatic heterocycles. The van der Waals surface area contributed by atoms with Crippen molar-refractivity contribution in [2.24, 2.45) is 7.05 Å². The standard InChI is InChI=1S/C13H14BrN3O3/c1-3-9-12(14)10(16(2)15-9)7-17-6-8(13(19)20)4-5-11(17)18/h4-6H,3,7H2,1-2H3,(H,19,20). The van der Waals surface area contributed by atoms with Gasteiger partial charge in [0.2, 0.25) is 0 Å². The van der Waals surface area contributed by atoms with Gasteiger partial charge in [-0.15, -0.1) is 0 Å². The van der Waals surface area contributed by atoms with Crippen molar-refractivity contribution in [1.82, 2.24) is 14.3 Å². The highest BCUT2D eigenvalue weighted by atomic mass is 79.9. The molecule has 0 aliphatic rings. The number of carboxylic acids is 1. The molecule has 0 aliphatic carbocycles. The maximum absolute atomic E-state index is 11.8. The van der Waals surface area contributed by atoms with Crippen LogP contribution in [0.5, 0.6) is 0 Å². The van der Waals surface area contributed by atoms with E-state index in [1.807, 2.05) is 6.92 Å². The van der Waals surface area contributed by atoms with Crippen molar-refractivity contribution in [2.45, 2.75) is 19.9 Å². The summed E-state index contributed by atoms with van der Waals surface area (Å²) in [6.07, 6.45) is 2.12. The van der Waals surface area contributed by atoms with E-state index in [0.717, 1.165) is 22.3 Å². The minimum Gasteiger partial charge on any atom is -0.478 e. The van der Waals surface area contributed by atoms with Crippen LogP contribution in [0.15, 0.2) is 27.6 Å². The van der Waals surface area contributed by atoms with E-state index >= 15 is 0 Å². The summed E-state index contributed by atoms with van der Waals surface area (Å²) in [5, 5.41) is 13.3. The highest BCUT2D eigenvalue weighted by Gasteiger charge is 2.14. The van der Waals surface area contributed by atoms with Gasteiger partial charge in [-0.3, -0.25) is 9.48 Å². The Hall–Kier alpha value is -1.89.